The first kappa shape index (κ1) is 23.4. The van der Waals surface area contributed by atoms with Crippen LogP contribution in [0, 0.1) is 4.91 Å². The Bertz CT molecular complexity index is 644. The molecule has 1 aromatic carbocycles. The van der Waals surface area contributed by atoms with Gasteiger partial charge in [0.15, 0.2) is 0 Å². The van der Waals surface area contributed by atoms with E-state index in [1.807, 2.05) is 30.3 Å². The second-order valence-electron chi connectivity index (χ2n) is 6.08. The van der Waals surface area contributed by atoms with E-state index in [4.69, 9.17) is 11.6 Å². The Morgan fingerprint density at radius 1 is 1.14 bits per heavy atom. The summed E-state index contributed by atoms with van der Waals surface area (Å²) in [5.74, 6) is -0.446. The number of carbonyl (C=O) groups is 3. The van der Waals surface area contributed by atoms with E-state index in [1.165, 1.54) is 6.92 Å². The van der Waals surface area contributed by atoms with Crippen LogP contribution < -0.4 is 16.0 Å². The Balaban J connectivity index is 2.38. The molecule has 0 spiro atoms. The van der Waals surface area contributed by atoms with Crippen LogP contribution >= 0.6 is 11.6 Å². The number of carbonyl (C=O) groups excluding carboxylic acids is 3. The number of nitrogens with zero attached hydrogens (tertiary/aromatic N) is 2. The molecule has 0 aliphatic rings. The molecule has 0 aliphatic carbocycles. The summed E-state index contributed by atoms with van der Waals surface area (Å²) < 4.78 is 0. The lowest BCUT2D eigenvalue weighted by atomic mass is 10.1. The number of unbranched alkanes of at least 4 members (excludes halogenated alkanes) is 1. The lowest BCUT2D eigenvalue weighted by molar-refractivity contribution is -0.128. The maximum atomic E-state index is 12.4. The Morgan fingerprint density at radius 2 is 1.86 bits per heavy atom. The van der Waals surface area contributed by atoms with E-state index in [-0.39, 0.29) is 24.2 Å². The SMILES string of the molecule is CC(=O)N[C@@H](CCCCNC(=O)N(CCCl)N=O)C(=O)NCc1ccccc1. The second-order valence-corrected chi connectivity index (χ2v) is 6.46. The van der Waals surface area contributed by atoms with Gasteiger partial charge in [-0.2, -0.15) is 5.01 Å². The fraction of sp³-hybridized carbons (Fsp3) is 0.500. The Kier molecular flexibility index (Phi) is 11.2. The van der Waals surface area contributed by atoms with Crippen LogP contribution in [0.25, 0.3) is 0 Å². The molecule has 9 nitrogen and oxygen atoms in total. The lowest BCUT2D eigenvalue weighted by Crippen LogP contribution is -2.45. The summed E-state index contributed by atoms with van der Waals surface area (Å²) in [4.78, 5) is 45.9. The summed E-state index contributed by atoms with van der Waals surface area (Å²) >= 11 is 5.48. The minimum absolute atomic E-state index is 0.0308. The molecule has 10 heteroatoms. The van der Waals surface area contributed by atoms with Crippen LogP contribution in [-0.4, -0.2) is 47.9 Å². The highest BCUT2D eigenvalue weighted by atomic mass is 35.5. The van der Waals surface area contributed by atoms with Crippen LogP contribution in [0.2, 0.25) is 0 Å². The number of urea groups is 1. The molecule has 1 rings (SSSR count). The Hall–Kier alpha value is -2.68. The standard InChI is InChI=1S/C18H26ClN5O4/c1-14(25)22-16(17(26)21-13-15-7-3-2-4-8-15)9-5-6-11-20-18(27)24(23-28)12-10-19/h2-4,7-8,16H,5-6,9-13H2,1H3,(H,20,27)(H,21,26)(H,22,25)/t16-/m0/s1. The van der Waals surface area contributed by atoms with Gasteiger partial charge in [0.2, 0.25) is 11.8 Å². The number of alkyl halides is 1. The van der Waals surface area contributed by atoms with Crippen molar-refractivity contribution in [1.29, 1.82) is 0 Å². The third kappa shape index (κ3) is 9.31. The van der Waals surface area contributed by atoms with E-state index in [1.54, 1.807) is 0 Å². The number of halogens is 1. The van der Waals surface area contributed by atoms with Gasteiger partial charge in [0.05, 0.1) is 11.8 Å². The van der Waals surface area contributed by atoms with Gasteiger partial charge in [-0.05, 0) is 24.8 Å². The van der Waals surface area contributed by atoms with Crippen molar-refractivity contribution in [3.63, 3.8) is 0 Å². The van der Waals surface area contributed by atoms with Crippen molar-refractivity contribution in [3.05, 3.63) is 40.8 Å². The van der Waals surface area contributed by atoms with Crippen molar-refractivity contribution in [3.8, 4) is 0 Å². The van der Waals surface area contributed by atoms with E-state index in [0.29, 0.717) is 37.4 Å². The zero-order chi connectivity index (χ0) is 20.8. The minimum Gasteiger partial charge on any atom is -0.350 e. The zero-order valence-electron chi connectivity index (χ0n) is 15.8. The molecule has 0 unspecified atom stereocenters. The number of benzene rings is 1. The average molecular weight is 412 g/mol. The predicted molar refractivity (Wildman–Crippen MR) is 106 cm³/mol. The molecular formula is C18H26ClN5O4. The van der Waals surface area contributed by atoms with E-state index >= 15 is 0 Å². The third-order valence-corrected chi connectivity index (χ3v) is 4.00. The number of nitroso groups, excluding NO2 is 1. The molecule has 1 aromatic rings. The first-order chi connectivity index (χ1) is 13.5. The maximum Gasteiger partial charge on any atom is 0.340 e. The van der Waals surface area contributed by atoms with Gasteiger partial charge >= 0.3 is 6.03 Å². The molecule has 0 saturated carbocycles. The van der Waals surface area contributed by atoms with Crippen LogP contribution in [-0.2, 0) is 16.1 Å². The summed E-state index contributed by atoms with van der Waals surface area (Å²) in [6, 6.07) is 8.20. The topological polar surface area (TPSA) is 120 Å². The molecule has 154 valence electrons. The van der Waals surface area contributed by atoms with E-state index in [0.717, 1.165) is 5.56 Å². The summed E-state index contributed by atoms with van der Waals surface area (Å²) in [7, 11) is 0. The van der Waals surface area contributed by atoms with Crippen LogP contribution in [0.5, 0.6) is 0 Å². The van der Waals surface area contributed by atoms with Crippen molar-refractivity contribution >= 4 is 29.4 Å². The lowest BCUT2D eigenvalue weighted by Gasteiger charge is -2.18. The van der Waals surface area contributed by atoms with Crippen molar-refractivity contribution in [2.24, 2.45) is 5.29 Å². The van der Waals surface area contributed by atoms with Gasteiger partial charge in [-0.15, -0.1) is 16.5 Å². The first-order valence-corrected chi connectivity index (χ1v) is 9.54. The molecule has 4 amide bonds. The number of rotatable bonds is 12. The minimum atomic E-state index is -0.652. The van der Waals surface area contributed by atoms with Crippen molar-refractivity contribution in [2.75, 3.05) is 19.0 Å². The van der Waals surface area contributed by atoms with Gasteiger partial charge in [0, 0.05) is 25.9 Å². The number of hydrogen-bond donors (Lipinski definition) is 3. The van der Waals surface area contributed by atoms with E-state index in [9.17, 15) is 19.3 Å². The van der Waals surface area contributed by atoms with Gasteiger partial charge in [0.25, 0.3) is 0 Å². The fourth-order valence-corrected chi connectivity index (χ4v) is 2.60. The molecule has 28 heavy (non-hydrogen) atoms. The summed E-state index contributed by atoms with van der Waals surface area (Å²) in [6.45, 7) is 2.07. The highest BCUT2D eigenvalue weighted by Gasteiger charge is 2.19. The van der Waals surface area contributed by atoms with Crippen molar-refractivity contribution in [2.45, 2.75) is 38.8 Å². The summed E-state index contributed by atoms with van der Waals surface area (Å²) in [6.07, 6.45) is 1.59. The predicted octanol–water partition coefficient (Wildman–Crippen LogP) is 1.91. The first-order valence-electron chi connectivity index (χ1n) is 9.01. The molecule has 1 atom stereocenters. The molecule has 0 aromatic heterocycles. The highest BCUT2D eigenvalue weighted by molar-refractivity contribution is 6.18. The molecule has 0 radical (unpaired) electrons. The maximum absolute atomic E-state index is 12.4. The van der Waals surface area contributed by atoms with E-state index in [2.05, 4.69) is 21.2 Å². The number of amides is 4. The molecule has 0 fully saturated rings. The third-order valence-electron chi connectivity index (χ3n) is 3.83. The van der Waals surface area contributed by atoms with Crippen LogP contribution in [0.4, 0.5) is 4.79 Å². The van der Waals surface area contributed by atoms with Gasteiger partial charge in [0.1, 0.15) is 6.04 Å². The Morgan fingerprint density at radius 3 is 2.46 bits per heavy atom. The molecule has 0 saturated heterocycles. The second kappa shape index (κ2) is 13.5. The smallest absolute Gasteiger partial charge is 0.340 e. The number of hydrogen-bond acceptors (Lipinski definition) is 5. The molecule has 0 heterocycles. The van der Waals surface area contributed by atoms with Crippen LogP contribution in [0.15, 0.2) is 35.6 Å². The number of nitrogens with one attached hydrogen (secondary N) is 3. The molecule has 0 bridgehead atoms. The van der Waals surface area contributed by atoms with E-state index < -0.39 is 12.1 Å². The monoisotopic (exact) mass is 411 g/mol. The fourth-order valence-electron chi connectivity index (χ4n) is 2.44. The van der Waals surface area contributed by atoms with Gasteiger partial charge in [-0.25, -0.2) is 4.79 Å². The molecule has 0 aliphatic heterocycles. The van der Waals surface area contributed by atoms with Crippen LogP contribution in [0.1, 0.15) is 31.7 Å². The molecule has 3 N–H and O–H groups in total. The quantitative estimate of drug-likeness (QED) is 0.210. The summed E-state index contributed by atoms with van der Waals surface area (Å²) in [5, 5.41) is 11.3. The average Bonchev–Trinajstić information content (AvgIpc) is 2.69. The summed E-state index contributed by atoms with van der Waals surface area (Å²) in [5.41, 5.74) is 0.963. The largest absolute Gasteiger partial charge is 0.350 e. The Labute approximate surface area is 169 Å². The van der Waals surface area contributed by atoms with Gasteiger partial charge in [-0.3, -0.25) is 9.59 Å². The van der Waals surface area contributed by atoms with Crippen molar-refractivity contribution in [1.82, 2.24) is 21.0 Å². The van der Waals surface area contributed by atoms with Gasteiger partial charge in [-0.1, -0.05) is 30.3 Å². The highest BCUT2D eigenvalue weighted by Crippen LogP contribution is 2.03. The van der Waals surface area contributed by atoms with Gasteiger partial charge < -0.3 is 16.0 Å². The zero-order valence-corrected chi connectivity index (χ0v) is 16.6. The van der Waals surface area contributed by atoms with Crippen molar-refractivity contribution < 1.29 is 14.4 Å². The molecular weight excluding hydrogens is 386 g/mol. The van der Waals surface area contributed by atoms with Crippen LogP contribution in [0.3, 0.4) is 0 Å². The normalized spacial score (nSPS) is 11.2.